The van der Waals surface area contributed by atoms with E-state index in [1.165, 1.54) is 18.8 Å². The van der Waals surface area contributed by atoms with Crippen LogP contribution in [0.3, 0.4) is 0 Å². The fourth-order valence-corrected chi connectivity index (χ4v) is 0.791. The van der Waals surface area contributed by atoms with Crippen molar-refractivity contribution in [2.75, 3.05) is 0 Å². The van der Waals surface area contributed by atoms with Crippen molar-refractivity contribution in [2.24, 2.45) is 0 Å². The van der Waals surface area contributed by atoms with Gasteiger partial charge in [-0.05, 0) is 0 Å². The monoisotopic (exact) mass is 182 g/mol. The highest BCUT2D eigenvalue weighted by Crippen LogP contribution is 2.11. The van der Waals surface area contributed by atoms with Crippen LogP contribution in [-0.2, 0) is 0 Å². The maximum absolute atomic E-state index is 5.58. The van der Waals surface area contributed by atoms with E-state index in [4.69, 9.17) is 16.0 Å². The Balaban J connectivity index is 2.43. The Morgan fingerprint density at radius 1 is 1.25 bits per heavy atom. The van der Waals surface area contributed by atoms with Crippen LogP contribution in [0.15, 0.2) is 23.2 Å². The number of rotatable bonds is 1. The molecule has 0 radical (unpaired) electrons. The Morgan fingerprint density at radius 3 is 2.58 bits per heavy atom. The topological polar surface area (TPSA) is 64.7 Å². The summed E-state index contributed by atoms with van der Waals surface area (Å²) < 4.78 is 4.87. The fourth-order valence-electron chi connectivity index (χ4n) is 0.693. The van der Waals surface area contributed by atoms with Gasteiger partial charge in [0, 0.05) is 12.4 Å². The van der Waals surface area contributed by atoms with Crippen molar-refractivity contribution < 1.29 is 4.42 Å². The van der Waals surface area contributed by atoms with Crippen LogP contribution in [0.25, 0.3) is 11.7 Å². The molecule has 0 N–H and O–H groups in total. The van der Waals surface area contributed by atoms with Crippen LogP contribution in [0.1, 0.15) is 0 Å². The molecule has 2 aromatic heterocycles. The van der Waals surface area contributed by atoms with Crippen LogP contribution in [0.2, 0.25) is 5.02 Å². The van der Waals surface area contributed by atoms with Gasteiger partial charge in [0.1, 0.15) is 0 Å². The highest BCUT2D eigenvalue weighted by atomic mass is 35.5. The standard InChI is InChI=1S/C6H3ClN4O/c7-4-1-8-5(9-2-4)6-11-10-3-12-6/h1-3H. The Bertz CT molecular complexity index is 358. The molecule has 6 heteroatoms. The first kappa shape index (κ1) is 7.17. The molecule has 12 heavy (non-hydrogen) atoms. The molecule has 0 saturated heterocycles. The molecule has 2 rings (SSSR count). The summed E-state index contributed by atoms with van der Waals surface area (Å²) in [5.74, 6) is 0.656. The third-order valence-corrected chi connectivity index (χ3v) is 1.37. The fraction of sp³-hybridized carbons (Fsp3) is 0. The van der Waals surface area contributed by atoms with E-state index in [0.717, 1.165) is 0 Å². The van der Waals surface area contributed by atoms with Crippen LogP contribution in [0.5, 0.6) is 0 Å². The second-order valence-corrected chi connectivity index (χ2v) is 2.41. The van der Waals surface area contributed by atoms with E-state index < -0.39 is 0 Å². The van der Waals surface area contributed by atoms with Crippen LogP contribution in [0.4, 0.5) is 0 Å². The van der Waals surface area contributed by atoms with E-state index in [2.05, 4.69) is 20.2 Å². The van der Waals surface area contributed by atoms with E-state index in [1.807, 2.05) is 0 Å². The van der Waals surface area contributed by atoms with Gasteiger partial charge in [0.15, 0.2) is 0 Å². The zero-order valence-corrected chi connectivity index (χ0v) is 6.56. The van der Waals surface area contributed by atoms with Gasteiger partial charge >= 0.3 is 0 Å². The van der Waals surface area contributed by atoms with Gasteiger partial charge in [-0.25, -0.2) is 9.97 Å². The van der Waals surface area contributed by atoms with E-state index in [0.29, 0.717) is 10.8 Å². The first-order valence-corrected chi connectivity index (χ1v) is 3.48. The number of nitrogens with zero attached hydrogens (tertiary/aromatic N) is 4. The molecular formula is C6H3ClN4O. The molecule has 0 fully saturated rings. The second-order valence-electron chi connectivity index (χ2n) is 1.97. The lowest BCUT2D eigenvalue weighted by molar-refractivity contribution is 0.563. The van der Waals surface area contributed by atoms with Crippen LogP contribution in [-0.4, -0.2) is 20.2 Å². The summed E-state index contributed by atoms with van der Waals surface area (Å²) in [6.45, 7) is 0. The van der Waals surface area contributed by atoms with Gasteiger partial charge in [0.25, 0.3) is 5.89 Å². The summed E-state index contributed by atoms with van der Waals surface area (Å²) in [7, 11) is 0. The largest absolute Gasteiger partial charge is 0.421 e. The van der Waals surface area contributed by atoms with E-state index in [9.17, 15) is 0 Å². The highest BCUT2D eigenvalue weighted by molar-refractivity contribution is 6.30. The lowest BCUT2D eigenvalue weighted by Crippen LogP contribution is -1.87. The van der Waals surface area contributed by atoms with Crippen molar-refractivity contribution in [1.29, 1.82) is 0 Å². The summed E-state index contributed by atoms with van der Waals surface area (Å²) in [5, 5.41) is 7.59. The van der Waals surface area contributed by atoms with Crippen molar-refractivity contribution in [2.45, 2.75) is 0 Å². The molecule has 0 amide bonds. The van der Waals surface area contributed by atoms with E-state index in [-0.39, 0.29) is 5.89 Å². The molecule has 0 atom stereocenters. The Morgan fingerprint density at radius 2 is 2.00 bits per heavy atom. The normalized spacial score (nSPS) is 10.1. The average molecular weight is 183 g/mol. The molecule has 0 aliphatic carbocycles. The number of hydrogen-bond acceptors (Lipinski definition) is 5. The van der Waals surface area contributed by atoms with Gasteiger partial charge in [-0.3, -0.25) is 0 Å². The minimum absolute atomic E-state index is 0.284. The van der Waals surface area contributed by atoms with Crippen LogP contribution >= 0.6 is 11.6 Å². The molecular weight excluding hydrogens is 180 g/mol. The van der Waals surface area contributed by atoms with E-state index in [1.54, 1.807) is 0 Å². The van der Waals surface area contributed by atoms with Crippen molar-refractivity contribution >= 4 is 11.6 Å². The number of hydrogen-bond donors (Lipinski definition) is 0. The lowest BCUT2D eigenvalue weighted by atomic mass is 10.5. The predicted octanol–water partition coefficient (Wildman–Crippen LogP) is 1.18. The zero-order chi connectivity index (χ0) is 8.39. The Labute approximate surface area is 72.4 Å². The van der Waals surface area contributed by atoms with Crippen LogP contribution in [0, 0.1) is 0 Å². The SMILES string of the molecule is Clc1cnc(-c2nnco2)nc1. The molecule has 2 aromatic rings. The third kappa shape index (κ3) is 1.26. The molecule has 0 saturated carbocycles. The minimum atomic E-state index is 0.284. The molecule has 2 heterocycles. The highest BCUT2D eigenvalue weighted by Gasteiger charge is 2.05. The average Bonchev–Trinajstić information content (AvgIpc) is 2.58. The minimum Gasteiger partial charge on any atom is -0.421 e. The van der Waals surface area contributed by atoms with E-state index >= 15 is 0 Å². The predicted molar refractivity (Wildman–Crippen MR) is 40.3 cm³/mol. The third-order valence-electron chi connectivity index (χ3n) is 1.17. The van der Waals surface area contributed by atoms with Crippen LogP contribution < -0.4 is 0 Å². The summed E-state index contributed by atoms with van der Waals surface area (Å²) in [6, 6.07) is 0. The molecule has 0 bridgehead atoms. The molecule has 0 unspecified atom stereocenters. The zero-order valence-electron chi connectivity index (χ0n) is 5.81. The lowest BCUT2D eigenvalue weighted by Gasteiger charge is -1.90. The number of halogens is 1. The summed E-state index contributed by atoms with van der Waals surface area (Å²) in [5.41, 5.74) is 0. The molecule has 5 nitrogen and oxygen atoms in total. The summed E-state index contributed by atoms with van der Waals surface area (Å²) >= 11 is 5.58. The van der Waals surface area contributed by atoms with Gasteiger partial charge in [-0.1, -0.05) is 11.6 Å². The molecule has 0 aromatic carbocycles. The van der Waals surface area contributed by atoms with Crippen molar-refractivity contribution in [3.05, 3.63) is 23.8 Å². The van der Waals surface area contributed by atoms with Gasteiger partial charge in [0.2, 0.25) is 12.2 Å². The van der Waals surface area contributed by atoms with Gasteiger partial charge in [-0.2, -0.15) is 0 Å². The Hall–Kier alpha value is -1.49. The quantitative estimate of drug-likeness (QED) is 0.663. The Kier molecular flexibility index (Phi) is 1.71. The van der Waals surface area contributed by atoms with Gasteiger partial charge in [-0.15, -0.1) is 10.2 Å². The maximum atomic E-state index is 5.58. The van der Waals surface area contributed by atoms with Crippen molar-refractivity contribution in [1.82, 2.24) is 20.2 Å². The first-order chi connectivity index (χ1) is 5.86. The molecule has 0 aliphatic rings. The molecule has 60 valence electrons. The van der Waals surface area contributed by atoms with Crippen molar-refractivity contribution in [3.63, 3.8) is 0 Å². The summed E-state index contributed by atoms with van der Waals surface area (Å²) in [6.07, 6.45) is 4.15. The molecule has 0 spiro atoms. The van der Waals surface area contributed by atoms with Gasteiger partial charge < -0.3 is 4.42 Å². The van der Waals surface area contributed by atoms with Gasteiger partial charge in [0.05, 0.1) is 5.02 Å². The smallest absolute Gasteiger partial charge is 0.285 e. The first-order valence-electron chi connectivity index (χ1n) is 3.10. The number of aromatic nitrogens is 4. The van der Waals surface area contributed by atoms with Crippen molar-refractivity contribution in [3.8, 4) is 11.7 Å². The second kappa shape index (κ2) is 2.86. The maximum Gasteiger partial charge on any atom is 0.285 e. The molecule has 0 aliphatic heterocycles. The summed E-state index contributed by atoms with van der Waals surface area (Å²) in [4.78, 5) is 7.76.